The number of likely N-dealkylation sites (tertiary alicyclic amines) is 1. The molecule has 0 atom stereocenters. The van der Waals surface area contributed by atoms with E-state index in [-0.39, 0.29) is 5.91 Å². The Morgan fingerprint density at radius 2 is 2.00 bits per heavy atom. The molecule has 1 fully saturated rings. The van der Waals surface area contributed by atoms with E-state index in [1.807, 2.05) is 36.9 Å². The number of carbonyl (C=O) groups excluding carboxylic acids is 1. The Balaban J connectivity index is 1.90. The zero-order chi connectivity index (χ0) is 15.3. The highest BCUT2D eigenvalue weighted by Gasteiger charge is 2.35. The van der Waals surface area contributed by atoms with Gasteiger partial charge in [-0.2, -0.15) is 0 Å². The van der Waals surface area contributed by atoms with Crippen LogP contribution in [0.3, 0.4) is 0 Å². The number of piperidine rings is 1. The molecule has 116 valence electrons. The van der Waals surface area contributed by atoms with Gasteiger partial charge >= 0.3 is 0 Å². The summed E-state index contributed by atoms with van der Waals surface area (Å²) in [4.78, 5) is 20.4. The summed E-state index contributed by atoms with van der Waals surface area (Å²) in [6, 6.07) is 5.62. The molecule has 0 aliphatic carbocycles. The molecule has 0 spiro atoms. The minimum absolute atomic E-state index is 0.170. The minimum atomic E-state index is -0.851. The molecule has 5 nitrogen and oxygen atoms in total. The number of hydrogen-bond acceptors (Lipinski definition) is 4. The predicted octanol–water partition coefficient (Wildman–Crippen LogP) is 1.23. The largest absolute Gasteiger partial charge is 0.383 e. The van der Waals surface area contributed by atoms with E-state index >= 15 is 0 Å². The van der Waals surface area contributed by atoms with Gasteiger partial charge in [-0.1, -0.05) is 6.07 Å². The molecule has 0 unspecified atom stereocenters. The number of likely N-dealkylation sites (N-methyl/N-ethyl adjacent to an activating group) is 1. The lowest BCUT2D eigenvalue weighted by Crippen LogP contribution is -2.47. The lowest BCUT2D eigenvalue weighted by Gasteiger charge is -2.38. The predicted molar refractivity (Wildman–Crippen MR) is 81.7 cm³/mol. The molecule has 5 heteroatoms. The summed E-state index contributed by atoms with van der Waals surface area (Å²) in [6.07, 6.45) is 2.95. The number of amides is 1. The molecular weight excluding hydrogens is 266 g/mol. The van der Waals surface area contributed by atoms with Crippen molar-refractivity contribution in [2.24, 2.45) is 0 Å². The van der Waals surface area contributed by atoms with E-state index in [9.17, 15) is 9.90 Å². The van der Waals surface area contributed by atoms with Crippen LogP contribution in [0.15, 0.2) is 24.4 Å². The Kier molecular flexibility index (Phi) is 5.31. The average Bonchev–Trinajstić information content (AvgIpc) is 2.52. The third-order valence-electron chi connectivity index (χ3n) is 4.30. The molecule has 2 rings (SSSR count). The second-order valence-electron chi connectivity index (χ2n) is 5.59. The van der Waals surface area contributed by atoms with Crippen LogP contribution in [-0.2, 0) is 10.4 Å². The second-order valence-corrected chi connectivity index (χ2v) is 5.59. The molecular formula is C16H25N3O2. The van der Waals surface area contributed by atoms with Crippen LogP contribution in [-0.4, -0.2) is 58.5 Å². The molecule has 0 aromatic carbocycles. The molecule has 1 aliphatic heterocycles. The van der Waals surface area contributed by atoms with Crippen LogP contribution in [0.5, 0.6) is 0 Å². The first-order valence-corrected chi connectivity index (χ1v) is 7.73. The quantitative estimate of drug-likeness (QED) is 0.886. The van der Waals surface area contributed by atoms with Crippen LogP contribution in [0.2, 0.25) is 0 Å². The van der Waals surface area contributed by atoms with Gasteiger partial charge in [0.25, 0.3) is 0 Å². The van der Waals surface area contributed by atoms with E-state index < -0.39 is 5.60 Å². The Hall–Kier alpha value is -1.46. The van der Waals surface area contributed by atoms with Crippen molar-refractivity contribution < 1.29 is 9.90 Å². The highest BCUT2D eigenvalue weighted by Crippen LogP contribution is 2.31. The summed E-state index contributed by atoms with van der Waals surface area (Å²) < 4.78 is 0. The lowest BCUT2D eigenvalue weighted by atomic mass is 9.88. The van der Waals surface area contributed by atoms with E-state index in [1.54, 1.807) is 6.20 Å². The highest BCUT2D eigenvalue weighted by atomic mass is 16.3. The molecule has 1 aliphatic rings. The maximum Gasteiger partial charge on any atom is 0.236 e. The molecule has 21 heavy (non-hydrogen) atoms. The second kappa shape index (κ2) is 7.00. The van der Waals surface area contributed by atoms with Gasteiger partial charge in [-0.3, -0.25) is 14.7 Å². The standard InChI is InChI=1S/C16H25N3O2/c1-3-19(4-2)15(20)13-18-11-8-16(21,9-12-18)14-7-5-6-10-17-14/h5-7,10,21H,3-4,8-9,11-13H2,1-2H3. The van der Waals surface area contributed by atoms with Crippen LogP contribution in [0, 0.1) is 0 Å². The first-order valence-electron chi connectivity index (χ1n) is 7.73. The van der Waals surface area contributed by atoms with E-state index in [4.69, 9.17) is 0 Å². The van der Waals surface area contributed by atoms with Crippen LogP contribution in [0.25, 0.3) is 0 Å². The zero-order valence-corrected chi connectivity index (χ0v) is 13.0. The Morgan fingerprint density at radius 1 is 1.33 bits per heavy atom. The van der Waals surface area contributed by atoms with Gasteiger partial charge in [0.1, 0.15) is 5.60 Å². The summed E-state index contributed by atoms with van der Waals surface area (Å²) in [6.45, 7) is 7.39. The molecule has 0 bridgehead atoms. The van der Waals surface area contributed by atoms with Gasteiger partial charge in [-0.25, -0.2) is 0 Å². The molecule has 1 saturated heterocycles. The van der Waals surface area contributed by atoms with Crippen molar-refractivity contribution in [3.63, 3.8) is 0 Å². The van der Waals surface area contributed by atoms with Crippen molar-refractivity contribution >= 4 is 5.91 Å². The van der Waals surface area contributed by atoms with Gasteiger partial charge in [0, 0.05) is 32.4 Å². The minimum Gasteiger partial charge on any atom is -0.383 e. The Bertz CT molecular complexity index is 452. The van der Waals surface area contributed by atoms with E-state index in [0.29, 0.717) is 19.4 Å². The normalized spacial score (nSPS) is 18.4. The molecule has 0 radical (unpaired) electrons. The summed E-state index contributed by atoms with van der Waals surface area (Å²) in [5.41, 5.74) is -0.115. The summed E-state index contributed by atoms with van der Waals surface area (Å²) >= 11 is 0. The lowest BCUT2D eigenvalue weighted by molar-refractivity contribution is -0.133. The van der Waals surface area contributed by atoms with Crippen molar-refractivity contribution in [2.75, 3.05) is 32.7 Å². The fraction of sp³-hybridized carbons (Fsp3) is 0.625. The average molecular weight is 291 g/mol. The van der Waals surface area contributed by atoms with Gasteiger partial charge in [0.05, 0.1) is 12.2 Å². The maximum absolute atomic E-state index is 12.1. The smallest absolute Gasteiger partial charge is 0.236 e. The molecule has 2 heterocycles. The van der Waals surface area contributed by atoms with Gasteiger partial charge < -0.3 is 10.0 Å². The monoisotopic (exact) mass is 291 g/mol. The first kappa shape index (κ1) is 15.9. The number of pyridine rings is 1. The van der Waals surface area contributed by atoms with Gasteiger partial charge in [-0.05, 0) is 38.8 Å². The van der Waals surface area contributed by atoms with E-state index in [1.165, 1.54) is 0 Å². The van der Waals surface area contributed by atoms with Gasteiger partial charge in [0.15, 0.2) is 0 Å². The van der Waals surface area contributed by atoms with Crippen molar-refractivity contribution in [3.8, 4) is 0 Å². The fourth-order valence-electron chi connectivity index (χ4n) is 2.84. The number of carbonyl (C=O) groups is 1. The van der Waals surface area contributed by atoms with Crippen LogP contribution in [0.4, 0.5) is 0 Å². The van der Waals surface area contributed by atoms with Crippen LogP contribution >= 0.6 is 0 Å². The number of aliphatic hydroxyl groups is 1. The van der Waals surface area contributed by atoms with E-state index in [0.717, 1.165) is 31.9 Å². The highest BCUT2D eigenvalue weighted by molar-refractivity contribution is 5.78. The summed E-state index contributed by atoms with van der Waals surface area (Å²) in [5, 5.41) is 10.7. The van der Waals surface area contributed by atoms with Crippen LogP contribution < -0.4 is 0 Å². The summed E-state index contributed by atoms with van der Waals surface area (Å²) in [7, 11) is 0. The molecule has 1 aromatic rings. The van der Waals surface area contributed by atoms with E-state index in [2.05, 4.69) is 9.88 Å². The van der Waals surface area contributed by atoms with Crippen molar-refractivity contribution in [3.05, 3.63) is 30.1 Å². The third kappa shape index (κ3) is 3.80. The molecule has 1 amide bonds. The number of rotatable bonds is 5. The first-order chi connectivity index (χ1) is 10.1. The van der Waals surface area contributed by atoms with Gasteiger partial charge in [-0.15, -0.1) is 0 Å². The maximum atomic E-state index is 12.1. The fourth-order valence-corrected chi connectivity index (χ4v) is 2.84. The topological polar surface area (TPSA) is 56.7 Å². The Labute approximate surface area is 126 Å². The van der Waals surface area contributed by atoms with Crippen molar-refractivity contribution in [1.29, 1.82) is 0 Å². The molecule has 1 N–H and O–H groups in total. The third-order valence-corrected chi connectivity index (χ3v) is 4.30. The molecule has 0 saturated carbocycles. The number of aromatic nitrogens is 1. The van der Waals surface area contributed by atoms with Crippen molar-refractivity contribution in [1.82, 2.24) is 14.8 Å². The SMILES string of the molecule is CCN(CC)C(=O)CN1CCC(O)(c2ccccn2)CC1. The molecule has 1 aromatic heterocycles. The Morgan fingerprint density at radius 3 is 2.52 bits per heavy atom. The van der Waals surface area contributed by atoms with Crippen molar-refractivity contribution in [2.45, 2.75) is 32.3 Å². The summed E-state index contributed by atoms with van der Waals surface area (Å²) in [5.74, 6) is 0.170. The number of hydrogen-bond donors (Lipinski definition) is 1. The zero-order valence-electron chi connectivity index (χ0n) is 13.0. The van der Waals surface area contributed by atoms with Crippen LogP contribution in [0.1, 0.15) is 32.4 Å². The number of nitrogens with zero attached hydrogens (tertiary/aromatic N) is 3. The van der Waals surface area contributed by atoms with Gasteiger partial charge in [0.2, 0.25) is 5.91 Å².